The van der Waals surface area contributed by atoms with Crippen LogP contribution in [0.4, 0.5) is 0 Å². The standard InChI is InChI=1S/C21H27N3O4/c1-15(28-18-9-4-2-3-5-10-18)20(25)22-14-16-7-6-8-17(13-16)24-12-11-19(23-24)21(26)27/h6-8,11-13,15,18H,2-5,9-10,14H2,1H3,(H,22,25)(H,26,27). The van der Waals surface area contributed by atoms with Gasteiger partial charge in [0.2, 0.25) is 5.91 Å². The smallest absolute Gasteiger partial charge is 0.356 e. The van der Waals surface area contributed by atoms with E-state index in [4.69, 9.17) is 9.84 Å². The zero-order valence-corrected chi connectivity index (χ0v) is 16.1. The minimum absolute atomic E-state index is 0.0109. The zero-order valence-electron chi connectivity index (χ0n) is 16.1. The highest BCUT2D eigenvalue weighted by Crippen LogP contribution is 2.21. The number of aromatic carboxylic acids is 1. The Kier molecular flexibility index (Phi) is 6.81. The Hall–Kier alpha value is -2.67. The second-order valence-corrected chi connectivity index (χ2v) is 7.23. The van der Waals surface area contributed by atoms with Crippen molar-refractivity contribution in [3.05, 3.63) is 47.8 Å². The molecule has 1 unspecified atom stereocenters. The van der Waals surface area contributed by atoms with Gasteiger partial charge in [-0.1, -0.05) is 37.8 Å². The lowest BCUT2D eigenvalue weighted by atomic mass is 10.1. The third kappa shape index (κ3) is 5.42. The summed E-state index contributed by atoms with van der Waals surface area (Å²) >= 11 is 0. The van der Waals surface area contributed by atoms with E-state index in [1.165, 1.54) is 36.4 Å². The number of nitrogens with zero attached hydrogens (tertiary/aromatic N) is 2. The Morgan fingerprint density at radius 1 is 1.25 bits per heavy atom. The van der Waals surface area contributed by atoms with E-state index in [0.29, 0.717) is 6.54 Å². The molecule has 0 spiro atoms. The molecular formula is C21H27N3O4. The molecule has 0 bridgehead atoms. The maximum Gasteiger partial charge on any atom is 0.356 e. The summed E-state index contributed by atoms with van der Waals surface area (Å²) in [7, 11) is 0. The van der Waals surface area contributed by atoms with Crippen molar-refractivity contribution in [1.82, 2.24) is 15.1 Å². The van der Waals surface area contributed by atoms with Crippen molar-refractivity contribution in [2.24, 2.45) is 0 Å². The molecule has 1 atom stereocenters. The third-order valence-electron chi connectivity index (χ3n) is 5.02. The summed E-state index contributed by atoms with van der Waals surface area (Å²) in [6.45, 7) is 2.17. The number of aromatic nitrogens is 2. The van der Waals surface area contributed by atoms with Crippen molar-refractivity contribution < 1.29 is 19.4 Å². The SMILES string of the molecule is CC(OC1CCCCCC1)C(=O)NCc1cccc(-n2ccc(C(=O)O)n2)c1. The van der Waals surface area contributed by atoms with Crippen LogP contribution in [0.1, 0.15) is 61.5 Å². The van der Waals surface area contributed by atoms with E-state index in [0.717, 1.165) is 24.1 Å². The second-order valence-electron chi connectivity index (χ2n) is 7.23. The van der Waals surface area contributed by atoms with Gasteiger partial charge in [0.1, 0.15) is 6.10 Å². The number of carboxylic acid groups (broad SMARTS) is 1. The summed E-state index contributed by atoms with van der Waals surface area (Å²) in [5, 5.41) is 15.9. The van der Waals surface area contributed by atoms with Crippen LogP contribution >= 0.6 is 0 Å². The number of benzene rings is 1. The Morgan fingerprint density at radius 3 is 2.68 bits per heavy atom. The highest BCUT2D eigenvalue weighted by atomic mass is 16.5. The third-order valence-corrected chi connectivity index (χ3v) is 5.02. The molecule has 2 aromatic rings. The molecule has 1 heterocycles. The van der Waals surface area contributed by atoms with Gasteiger partial charge in [-0.15, -0.1) is 0 Å². The number of hydrogen-bond donors (Lipinski definition) is 2. The van der Waals surface area contributed by atoms with Crippen LogP contribution in [0, 0.1) is 0 Å². The number of nitrogens with one attached hydrogen (secondary N) is 1. The van der Waals surface area contributed by atoms with Crippen molar-refractivity contribution in [2.45, 2.75) is 64.2 Å². The fourth-order valence-electron chi connectivity index (χ4n) is 3.45. The average molecular weight is 385 g/mol. The molecular weight excluding hydrogens is 358 g/mol. The lowest BCUT2D eigenvalue weighted by molar-refractivity contribution is -0.136. The van der Waals surface area contributed by atoms with Gasteiger partial charge in [0.05, 0.1) is 11.8 Å². The molecule has 7 nitrogen and oxygen atoms in total. The van der Waals surface area contributed by atoms with E-state index in [2.05, 4.69) is 10.4 Å². The monoisotopic (exact) mass is 385 g/mol. The minimum Gasteiger partial charge on any atom is -0.476 e. The molecule has 1 aliphatic rings. The van der Waals surface area contributed by atoms with E-state index >= 15 is 0 Å². The zero-order chi connectivity index (χ0) is 19.9. The first kappa shape index (κ1) is 20.1. The van der Waals surface area contributed by atoms with Gasteiger partial charge in [-0.2, -0.15) is 5.10 Å². The Balaban J connectivity index is 1.54. The molecule has 0 radical (unpaired) electrons. The molecule has 1 saturated carbocycles. The number of carbonyl (C=O) groups excluding carboxylic acids is 1. The minimum atomic E-state index is -1.06. The van der Waals surface area contributed by atoms with Crippen molar-refractivity contribution in [1.29, 1.82) is 0 Å². The number of ether oxygens (including phenoxy) is 1. The number of amides is 1. The van der Waals surface area contributed by atoms with E-state index in [9.17, 15) is 9.59 Å². The molecule has 150 valence electrons. The quantitative estimate of drug-likeness (QED) is 0.713. The summed E-state index contributed by atoms with van der Waals surface area (Å²) < 4.78 is 7.46. The van der Waals surface area contributed by atoms with Gasteiger partial charge < -0.3 is 15.2 Å². The largest absolute Gasteiger partial charge is 0.476 e. The molecule has 7 heteroatoms. The molecule has 1 aliphatic carbocycles. The molecule has 28 heavy (non-hydrogen) atoms. The van der Waals surface area contributed by atoms with Gasteiger partial charge >= 0.3 is 5.97 Å². The Bertz CT molecular complexity index is 809. The average Bonchev–Trinajstić information content (AvgIpc) is 3.06. The van der Waals surface area contributed by atoms with Crippen LogP contribution in [0.25, 0.3) is 5.69 Å². The summed E-state index contributed by atoms with van der Waals surface area (Å²) in [4.78, 5) is 23.4. The number of carbonyl (C=O) groups is 2. The number of rotatable bonds is 7. The summed E-state index contributed by atoms with van der Waals surface area (Å²) in [5.74, 6) is -1.19. The molecule has 1 aromatic carbocycles. The number of carboxylic acids is 1. The maximum absolute atomic E-state index is 12.4. The lowest BCUT2D eigenvalue weighted by Crippen LogP contribution is -2.36. The Morgan fingerprint density at radius 2 is 2.00 bits per heavy atom. The van der Waals surface area contributed by atoms with E-state index in [1.54, 1.807) is 13.1 Å². The van der Waals surface area contributed by atoms with Crippen LogP contribution in [-0.4, -0.2) is 39.0 Å². The highest BCUT2D eigenvalue weighted by molar-refractivity contribution is 5.85. The normalized spacial score (nSPS) is 16.3. The van der Waals surface area contributed by atoms with E-state index in [1.807, 2.05) is 24.3 Å². The summed E-state index contributed by atoms with van der Waals surface area (Å²) in [6.07, 6.45) is 8.20. The predicted octanol–water partition coefficient (Wildman–Crippen LogP) is 3.31. The first-order valence-corrected chi connectivity index (χ1v) is 9.84. The molecule has 0 saturated heterocycles. The molecule has 0 aliphatic heterocycles. The van der Waals surface area contributed by atoms with Crippen LogP contribution in [0.3, 0.4) is 0 Å². The summed E-state index contributed by atoms with van der Waals surface area (Å²) in [6, 6.07) is 8.91. The predicted molar refractivity (Wildman–Crippen MR) is 104 cm³/mol. The second kappa shape index (κ2) is 9.50. The molecule has 1 fully saturated rings. The van der Waals surface area contributed by atoms with Gasteiger partial charge in [-0.3, -0.25) is 4.79 Å². The van der Waals surface area contributed by atoms with Crippen LogP contribution in [-0.2, 0) is 16.1 Å². The first-order chi connectivity index (χ1) is 13.5. The molecule has 1 aromatic heterocycles. The summed E-state index contributed by atoms with van der Waals surface area (Å²) in [5.41, 5.74) is 1.63. The van der Waals surface area contributed by atoms with Gasteiger partial charge in [-0.25, -0.2) is 9.48 Å². The lowest BCUT2D eigenvalue weighted by Gasteiger charge is -2.20. The van der Waals surface area contributed by atoms with Crippen LogP contribution in [0.5, 0.6) is 0 Å². The topological polar surface area (TPSA) is 93.5 Å². The van der Waals surface area contributed by atoms with Crippen molar-refractivity contribution in [2.75, 3.05) is 0 Å². The fraction of sp³-hybridized carbons (Fsp3) is 0.476. The van der Waals surface area contributed by atoms with Crippen LogP contribution < -0.4 is 5.32 Å². The maximum atomic E-state index is 12.4. The fourth-order valence-corrected chi connectivity index (χ4v) is 3.45. The van der Waals surface area contributed by atoms with E-state index in [-0.39, 0.29) is 17.7 Å². The van der Waals surface area contributed by atoms with Gasteiger partial charge in [0.15, 0.2) is 5.69 Å². The van der Waals surface area contributed by atoms with Crippen molar-refractivity contribution in [3.8, 4) is 5.69 Å². The first-order valence-electron chi connectivity index (χ1n) is 9.84. The molecule has 2 N–H and O–H groups in total. The van der Waals surface area contributed by atoms with Crippen molar-refractivity contribution in [3.63, 3.8) is 0 Å². The molecule has 3 rings (SSSR count). The molecule has 1 amide bonds. The van der Waals surface area contributed by atoms with Gasteiger partial charge in [-0.05, 0) is 43.5 Å². The van der Waals surface area contributed by atoms with Crippen molar-refractivity contribution >= 4 is 11.9 Å². The van der Waals surface area contributed by atoms with Gasteiger partial charge in [0.25, 0.3) is 0 Å². The van der Waals surface area contributed by atoms with Crippen LogP contribution in [0.15, 0.2) is 36.5 Å². The Labute approximate surface area is 164 Å². The van der Waals surface area contributed by atoms with Crippen LogP contribution in [0.2, 0.25) is 0 Å². The number of hydrogen-bond acceptors (Lipinski definition) is 4. The van der Waals surface area contributed by atoms with Gasteiger partial charge in [0, 0.05) is 12.7 Å². The van der Waals surface area contributed by atoms with E-state index < -0.39 is 12.1 Å². The highest BCUT2D eigenvalue weighted by Gasteiger charge is 2.20.